The lowest BCUT2D eigenvalue weighted by Gasteiger charge is -2.06. The van der Waals surface area contributed by atoms with Crippen molar-refractivity contribution in [1.82, 2.24) is 0 Å². The number of hydrogen-bond donors (Lipinski definition) is 1. The number of carbonyl (C=O) groups is 2. The van der Waals surface area contributed by atoms with Gasteiger partial charge >= 0.3 is 5.97 Å². The van der Waals surface area contributed by atoms with Gasteiger partial charge in [0.2, 0.25) is 5.91 Å². The molecule has 0 aliphatic heterocycles. The van der Waals surface area contributed by atoms with Crippen LogP contribution < -0.4 is 5.32 Å². The zero-order chi connectivity index (χ0) is 12.8. The standard InChI is InChI=1S/C12H14FNO3/c1-3-17-12(16)7-11(15)14-9-4-5-10(13)8(2)6-9/h4-6H,3,7H2,1-2H3,(H,14,15). The first-order valence-electron chi connectivity index (χ1n) is 5.24. The third kappa shape index (κ3) is 4.22. The second-order valence-electron chi connectivity index (χ2n) is 3.49. The third-order valence-electron chi connectivity index (χ3n) is 2.05. The van der Waals surface area contributed by atoms with E-state index < -0.39 is 11.9 Å². The minimum atomic E-state index is -0.580. The molecule has 1 rings (SSSR count). The van der Waals surface area contributed by atoms with E-state index >= 15 is 0 Å². The summed E-state index contributed by atoms with van der Waals surface area (Å²) in [5.41, 5.74) is 0.886. The van der Waals surface area contributed by atoms with Gasteiger partial charge in [-0.2, -0.15) is 0 Å². The molecule has 1 aromatic rings. The number of amides is 1. The molecule has 92 valence electrons. The van der Waals surface area contributed by atoms with E-state index in [1.807, 2.05) is 0 Å². The topological polar surface area (TPSA) is 55.4 Å². The summed E-state index contributed by atoms with van der Waals surface area (Å²) in [6.45, 7) is 3.50. The van der Waals surface area contributed by atoms with Crippen LogP contribution in [0.1, 0.15) is 18.9 Å². The van der Waals surface area contributed by atoms with E-state index in [1.54, 1.807) is 13.8 Å². The molecule has 0 aromatic heterocycles. The lowest BCUT2D eigenvalue weighted by molar-refractivity contribution is -0.145. The summed E-state index contributed by atoms with van der Waals surface area (Å²) in [7, 11) is 0. The van der Waals surface area contributed by atoms with Crippen LogP contribution in [0.5, 0.6) is 0 Å². The highest BCUT2D eigenvalue weighted by molar-refractivity contribution is 6.01. The maximum atomic E-state index is 13.0. The Hall–Kier alpha value is -1.91. The van der Waals surface area contributed by atoms with Crippen molar-refractivity contribution in [1.29, 1.82) is 0 Å². The van der Waals surface area contributed by atoms with Crippen LogP contribution in [0, 0.1) is 12.7 Å². The lowest BCUT2D eigenvalue weighted by atomic mass is 10.2. The molecule has 0 saturated heterocycles. The molecule has 0 aliphatic carbocycles. The number of halogens is 1. The van der Waals surface area contributed by atoms with E-state index in [-0.39, 0.29) is 18.8 Å². The molecule has 1 aromatic carbocycles. The number of nitrogens with one attached hydrogen (secondary N) is 1. The molecule has 0 aliphatic rings. The van der Waals surface area contributed by atoms with Gasteiger partial charge in [0.05, 0.1) is 6.61 Å². The quantitative estimate of drug-likeness (QED) is 0.646. The monoisotopic (exact) mass is 239 g/mol. The van der Waals surface area contributed by atoms with Crippen LogP contribution in [0.4, 0.5) is 10.1 Å². The zero-order valence-corrected chi connectivity index (χ0v) is 9.75. The summed E-state index contributed by atoms with van der Waals surface area (Å²) in [6.07, 6.45) is -0.343. The molecule has 0 bridgehead atoms. The fraction of sp³-hybridized carbons (Fsp3) is 0.333. The summed E-state index contributed by atoms with van der Waals surface area (Å²) in [5, 5.41) is 2.49. The summed E-state index contributed by atoms with van der Waals surface area (Å²) in [4.78, 5) is 22.4. The van der Waals surface area contributed by atoms with E-state index in [4.69, 9.17) is 0 Å². The fourth-order valence-corrected chi connectivity index (χ4v) is 1.27. The average Bonchev–Trinajstić information content (AvgIpc) is 2.23. The summed E-state index contributed by atoms with van der Waals surface area (Å²) >= 11 is 0. The average molecular weight is 239 g/mol. The number of esters is 1. The SMILES string of the molecule is CCOC(=O)CC(=O)Nc1ccc(F)c(C)c1. The van der Waals surface area contributed by atoms with E-state index in [0.717, 1.165) is 0 Å². The lowest BCUT2D eigenvalue weighted by Crippen LogP contribution is -2.18. The van der Waals surface area contributed by atoms with E-state index in [0.29, 0.717) is 11.3 Å². The number of benzene rings is 1. The zero-order valence-electron chi connectivity index (χ0n) is 9.75. The molecular formula is C12H14FNO3. The molecule has 0 heterocycles. The third-order valence-corrected chi connectivity index (χ3v) is 2.05. The predicted molar refractivity (Wildman–Crippen MR) is 61.0 cm³/mol. The van der Waals surface area contributed by atoms with Gasteiger partial charge in [0.15, 0.2) is 0 Å². The molecule has 1 amide bonds. The summed E-state index contributed by atoms with van der Waals surface area (Å²) in [6, 6.07) is 4.19. The Balaban J connectivity index is 2.56. The molecule has 0 saturated carbocycles. The largest absolute Gasteiger partial charge is 0.466 e. The van der Waals surface area contributed by atoms with Crippen LogP contribution in [0.15, 0.2) is 18.2 Å². The van der Waals surface area contributed by atoms with Gasteiger partial charge in [-0.15, -0.1) is 0 Å². The predicted octanol–water partition coefficient (Wildman–Crippen LogP) is 2.03. The Bertz CT molecular complexity index is 432. The van der Waals surface area contributed by atoms with Crippen LogP contribution in [-0.2, 0) is 14.3 Å². The van der Waals surface area contributed by atoms with Crippen LogP contribution in [-0.4, -0.2) is 18.5 Å². The summed E-state index contributed by atoms with van der Waals surface area (Å²) in [5.74, 6) is -1.40. The van der Waals surface area contributed by atoms with Crippen molar-refractivity contribution in [2.45, 2.75) is 20.3 Å². The van der Waals surface area contributed by atoms with Crippen molar-refractivity contribution in [3.8, 4) is 0 Å². The maximum Gasteiger partial charge on any atom is 0.315 e. The second kappa shape index (κ2) is 5.98. The number of rotatable bonds is 4. The van der Waals surface area contributed by atoms with Crippen molar-refractivity contribution < 1.29 is 18.7 Å². The first-order valence-corrected chi connectivity index (χ1v) is 5.24. The number of ether oxygens (including phenoxy) is 1. The minimum absolute atomic E-state index is 0.238. The Kier molecular flexibility index (Phi) is 4.63. The second-order valence-corrected chi connectivity index (χ2v) is 3.49. The van der Waals surface area contributed by atoms with Gasteiger partial charge in [-0.1, -0.05) is 0 Å². The van der Waals surface area contributed by atoms with Crippen molar-refractivity contribution in [3.63, 3.8) is 0 Å². The van der Waals surface area contributed by atoms with Gasteiger partial charge in [0.25, 0.3) is 0 Å². The Morgan fingerprint density at radius 2 is 2.12 bits per heavy atom. The van der Waals surface area contributed by atoms with Gasteiger partial charge < -0.3 is 10.1 Å². The van der Waals surface area contributed by atoms with Gasteiger partial charge in [-0.25, -0.2) is 4.39 Å². The molecule has 1 N–H and O–H groups in total. The Labute approximate surface area is 98.8 Å². The highest BCUT2D eigenvalue weighted by atomic mass is 19.1. The highest BCUT2D eigenvalue weighted by Crippen LogP contribution is 2.13. The fourth-order valence-electron chi connectivity index (χ4n) is 1.27. The molecule has 5 heteroatoms. The normalized spacial score (nSPS) is 9.82. The van der Waals surface area contributed by atoms with E-state index in [1.165, 1.54) is 18.2 Å². The van der Waals surface area contributed by atoms with Crippen LogP contribution in [0.2, 0.25) is 0 Å². The number of aryl methyl sites for hydroxylation is 1. The highest BCUT2D eigenvalue weighted by Gasteiger charge is 2.10. The molecule has 0 unspecified atom stereocenters. The minimum Gasteiger partial charge on any atom is -0.466 e. The maximum absolute atomic E-state index is 13.0. The van der Waals surface area contributed by atoms with Crippen LogP contribution in [0.3, 0.4) is 0 Å². The molecule has 0 atom stereocenters. The summed E-state index contributed by atoms with van der Waals surface area (Å²) < 4.78 is 17.6. The van der Waals surface area contributed by atoms with Crippen molar-refractivity contribution in [2.24, 2.45) is 0 Å². The molecule has 17 heavy (non-hydrogen) atoms. The van der Waals surface area contributed by atoms with Crippen LogP contribution >= 0.6 is 0 Å². The van der Waals surface area contributed by atoms with Gasteiger partial charge in [-0.05, 0) is 37.6 Å². The number of anilines is 1. The van der Waals surface area contributed by atoms with Crippen LogP contribution in [0.25, 0.3) is 0 Å². The first-order chi connectivity index (χ1) is 8.02. The van der Waals surface area contributed by atoms with Gasteiger partial charge in [0, 0.05) is 5.69 Å². The van der Waals surface area contributed by atoms with Crippen molar-refractivity contribution in [3.05, 3.63) is 29.6 Å². The smallest absolute Gasteiger partial charge is 0.315 e. The first kappa shape index (κ1) is 13.2. The van der Waals surface area contributed by atoms with Crippen molar-refractivity contribution in [2.75, 3.05) is 11.9 Å². The Morgan fingerprint density at radius 1 is 1.41 bits per heavy atom. The number of hydrogen-bond acceptors (Lipinski definition) is 3. The number of carbonyl (C=O) groups excluding carboxylic acids is 2. The molecular weight excluding hydrogens is 225 g/mol. The Morgan fingerprint density at radius 3 is 2.71 bits per heavy atom. The van der Waals surface area contributed by atoms with E-state index in [2.05, 4.69) is 10.1 Å². The van der Waals surface area contributed by atoms with Gasteiger partial charge in [-0.3, -0.25) is 9.59 Å². The molecule has 0 fully saturated rings. The molecule has 0 radical (unpaired) electrons. The van der Waals surface area contributed by atoms with Gasteiger partial charge in [0.1, 0.15) is 12.2 Å². The van der Waals surface area contributed by atoms with E-state index in [9.17, 15) is 14.0 Å². The van der Waals surface area contributed by atoms with Crippen molar-refractivity contribution >= 4 is 17.6 Å². The molecule has 4 nitrogen and oxygen atoms in total. The molecule has 0 spiro atoms.